The molecule has 1 aromatic heterocycles. The summed E-state index contributed by atoms with van der Waals surface area (Å²) in [6.45, 7) is 6.37. The van der Waals surface area contributed by atoms with Crippen molar-refractivity contribution in [3.63, 3.8) is 0 Å². The number of nitrogens with zero attached hydrogens (tertiary/aromatic N) is 2. The van der Waals surface area contributed by atoms with Gasteiger partial charge in [-0.25, -0.2) is 9.78 Å². The monoisotopic (exact) mass is 327 g/mol. The van der Waals surface area contributed by atoms with Crippen LogP contribution >= 0.6 is 15.9 Å². The molecule has 0 bridgehead atoms. The molecule has 0 spiro atoms. The zero-order chi connectivity index (χ0) is 13.8. The molecule has 5 nitrogen and oxygen atoms in total. The molecule has 104 valence electrons. The van der Waals surface area contributed by atoms with E-state index in [0.717, 1.165) is 28.9 Å². The number of pyridine rings is 1. The van der Waals surface area contributed by atoms with Crippen molar-refractivity contribution < 1.29 is 9.53 Å². The minimum atomic E-state index is -0.320. The molecule has 1 unspecified atom stereocenters. The number of rotatable bonds is 3. The van der Waals surface area contributed by atoms with Gasteiger partial charge in [-0.2, -0.15) is 0 Å². The second kappa shape index (κ2) is 6.34. The molecule has 0 amide bonds. The standard InChI is InChI=1S/C13H18BrN3O2/c1-3-19-13(18)10-8-15-6-7-17(10)12-11(14)9(2)4-5-16-12/h4-5,10,15H,3,6-8H2,1-2H3. The predicted octanol–water partition coefficient (Wildman–Crippen LogP) is 1.49. The number of ether oxygens (including phenoxy) is 1. The van der Waals surface area contributed by atoms with E-state index in [1.807, 2.05) is 24.8 Å². The molecule has 1 aromatic rings. The average Bonchev–Trinajstić information content (AvgIpc) is 2.42. The van der Waals surface area contributed by atoms with E-state index in [1.165, 1.54) is 0 Å². The molecule has 2 rings (SSSR count). The molecule has 2 heterocycles. The van der Waals surface area contributed by atoms with Gasteiger partial charge in [-0.15, -0.1) is 0 Å². The summed E-state index contributed by atoms with van der Waals surface area (Å²) >= 11 is 3.55. The Bertz CT molecular complexity index is 467. The normalized spacial score (nSPS) is 19.3. The van der Waals surface area contributed by atoms with Crippen molar-refractivity contribution in [3.05, 3.63) is 22.3 Å². The Balaban J connectivity index is 2.29. The Hall–Kier alpha value is -1.14. The number of nitrogens with one attached hydrogen (secondary N) is 1. The molecule has 1 atom stereocenters. The summed E-state index contributed by atoms with van der Waals surface area (Å²) in [5, 5.41) is 3.22. The van der Waals surface area contributed by atoms with Crippen LogP contribution in [0.1, 0.15) is 12.5 Å². The minimum Gasteiger partial charge on any atom is -0.464 e. The summed E-state index contributed by atoms with van der Waals surface area (Å²) in [7, 11) is 0. The zero-order valence-electron chi connectivity index (χ0n) is 11.1. The largest absolute Gasteiger partial charge is 0.464 e. The third-order valence-corrected chi connectivity index (χ3v) is 4.12. The van der Waals surface area contributed by atoms with Crippen LogP contribution < -0.4 is 10.2 Å². The molecule has 19 heavy (non-hydrogen) atoms. The summed E-state index contributed by atoms with van der Waals surface area (Å²) in [5.74, 6) is 0.601. The first-order chi connectivity index (χ1) is 9.15. The van der Waals surface area contributed by atoms with Gasteiger partial charge >= 0.3 is 5.97 Å². The molecule has 0 radical (unpaired) electrons. The van der Waals surface area contributed by atoms with E-state index in [0.29, 0.717) is 13.2 Å². The highest BCUT2D eigenvalue weighted by atomic mass is 79.9. The van der Waals surface area contributed by atoms with E-state index >= 15 is 0 Å². The maximum absolute atomic E-state index is 12.0. The minimum absolute atomic E-state index is 0.204. The molecule has 1 saturated heterocycles. The summed E-state index contributed by atoms with van der Waals surface area (Å²) < 4.78 is 6.08. The van der Waals surface area contributed by atoms with Crippen LogP contribution in [0.15, 0.2) is 16.7 Å². The molecule has 0 aliphatic carbocycles. The number of aryl methyl sites for hydroxylation is 1. The summed E-state index contributed by atoms with van der Waals surface area (Å²) in [5.41, 5.74) is 1.10. The molecule has 0 saturated carbocycles. The van der Waals surface area contributed by atoms with E-state index in [9.17, 15) is 4.79 Å². The number of carbonyl (C=O) groups excluding carboxylic acids is 1. The van der Waals surface area contributed by atoms with E-state index in [1.54, 1.807) is 6.20 Å². The number of piperazine rings is 1. The van der Waals surface area contributed by atoms with Crippen LogP contribution in [0.5, 0.6) is 0 Å². The summed E-state index contributed by atoms with van der Waals surface area (Å²) in [6, 6.07) is 1.62. The van der Waals surface area contributed by atoms with Gasteiger partial charge in [0.05, 0.1) is 11.1 Å². The van der Waals surface area contributed by atoms with Gasteiger partial charge in [0.1, 0.15) is 11.9 Å². The molecular formula is C13H18BrN3O2. The van der Waals surface area contributed by atoms with Crippen LogP contribution in [0.25, 0.3) is 0 Å². The second-order valence-corrected chi connectivity index (χ2v) is 5.22. The van der Waals surface area contributed by atoms with Gasteiger partial charge in [0, 0.05) is 25.8 Å². The first-order valence-electron chi connectivity index (χ1n) is 6.40. The van der Waals surface area contributed by atoms with Crippen LogP contribution in [-0.4, -0.2) is 43.2 Å². The van der Waals surface area contributed by atoms with Crippen LogP contribution in [-0.2, 0) is 9.53 Å². The lowest BCUT2D eigenvalue weighted by Crippen LogP contribution is -2.56. The number of anilines is 1. The van der Waals surface area contributed by atoms with Gasteiger partial charge in [-0.1, -0.05) is 0 Å². The smallest absolute Gasteiger partial charge is 0.330 e. The van der Waals surface area contributed by atoms with Gasteiger partial charge in [-0.05, 0) is 41.4 Å². The number of hydrogen-bond donors (Lipinski definition) is 1. The van der Waals surface area contributed by atoms with Gasteiger partial charge in [-0.3, -0.25) is 0 Å². The fourth-order valence-corrected chi connectivity index (χ4v) is 2.60. The SMILES string of the molecule is CCOC(=O)C1CNCCN1c1nccc(C)c1Br. The quantitative estimate of drug-likeness (QED) is 0.852. The average molecular weight is 328 g/mol. The van der Waals surface area contributed by atoms with Crippen LogP contribution in [0.3, 0.4) is 0 Å². The molecule has 0 aromatic carbocycles. The second-order valence-electron chi connectivity index (χ2n) is 4.43. The van der Waals surface area contributed by atoms with Crippen LogP contribution in [0, 0.1) is 6.92 Å². The molecule has 1 aliphatic rings. The first kappa shape index (κ1) is 14.3. The van der Waals surface area contributed by atoms with E-state index in [4.69, 9.17) is 4.74 Å². The predicted molar refractivity (Wildman–Crippen MR) is 77.3 cm³/mol. The molecule has 1 aliphatic heterocycles. The molecular weight excluding hydrogens is 310 g/mol. The van der Waals surface area contributed by atoms with Crippen molar-refractivity contribution in [2.24, 2.45) is 0 Å². The topological polar surface area (TPSA) is 54.5 Å². The lowest BCUT2D eigenvalue weighted by Gasteiger charge is -2.36. The maximum atomic E-state index is 12.0. The Labute approximate surface area is 121 Å². The van der Waals surface area contributed by atoms with Crippen LogP contribution in [0.2, 0.25) is 0 Å². The highest BCUT2D eigenvalue weighted by molar-refractivity contribution is 9.10. The number of hydrogen-bond acceptors (Lipinski definition) is 5. The third-order valence-electron chi connectivity index (χ3n) is 3.14. The molecule has 1 fully saturated rings. The zero-order valence-corrected chi connectivity index (χ0v) is 12.7. The Morgan fingerprint density at radius 1 is 1.68 bits per heavy atom. The van der Waals surface area contributed by atoms with Crippen molar-refractivity contribution in [2.75, 3.05) is 31.1 Å². The van der Waals surface area contributed by atoms with E-state index < -0.39 is 0 Å². The van der Waals surface area contributed by atoms with Crippen molar-refractivity contribution in [3.8, 4) is 0 Å². The first-order valence-corrected chi connectivity index (χ1v) is 7.19. The highest BCUT2D eigenvalue weighted by Gasteiger charge is 2.31. The molecule has 6 heteroatoms. The van der Waals surface area contributed by atoms with Crippen molar-refractivity contribution in [2.45, 2.75) is 19.9 Å². The summed E-state index contributed by atoms with van der Waals surface area (Å²) in [4.78, 5) is 18.4. The van der Waals surface area contributed by atoms with Crippen molar-refractivity contribution in [1.82, 2.24) is 10.3 Å². The van der Waals surface area contributed by atoms with Gasteiger partial charge in [0.25, 0.3) is 0 Å². The number of aromatic nitrogens is 1. The fraction of sp³-hybridized carbons (Fsp3) is 0.538. The Kier molecular flexibility index (Phi) is 4.76. The van der Waals surface area contributed by atoms with Gasteiger partial charge < -0.3 is 15.0 Å². The van der Waals surface area contributed by atoms with Gasteiger partial charge in [0.2, 0.25) is 0 Å². The van der Waals surface area contributed by atoms with Crippen LogP contribution in [0.4, 0.5) is 5.82 Å². The third kappa shape index (κ3) is 3.06. The molecule has 1 N–H and O–H groups in total. The van der Waals surface area contributed by atoms with Crippen molar-refractivity contribution >= 4 is 27.7 Å². The lowest BCUT2D eigenvalue weighted by molar-refractivity contribution is -0.144. The Morgan fingerprint density at radius 2 is 2.47 bits per heavy atom. The maximum Gasteiger partial charge on any atom is 0.330 e. The van der Waals surface area contributed by atoms with Gasteiger partial charge in [0.15, 0.2) is 0 Å². The fourth-order valence-electron chi connectivity index (χ4n) is 2.13. The number of carbonyl (C=O) groups is 1. The van der Waals surface area contributed by atoms with E-state index in [2.05, 4.69) is 26.2 Å². The highest BCUT2D eigenvalue weighted by Crippen LogP contribution is 2.28. The Morgan fingerprint density at radius 3 is 3.21 bits per heavy atom. The number of esters is 1. The lowest BCUT2D eigenvalue weighted by atomic mass is 10.1. The summed E-state index contributed by atoms with van der Waals surface area (Å²) in [6.07, 6.45) is 1.76. The van der Waals surface area contributed by atoms with Crippen molar-refractivity contribution in [1.29, 1.82) is 0 Å². The van der Waals surface area contributed by atoms with E-state index in [-0.39, 0.29) is 12.0 Å². The number of halogens is 1.